The number of amides is 2. The van der Waals surface area contributed by atoms with E-state index in [0.29, 0.717) is 30.3 Å². The molecule has 2 aromatic carbocycles. The third kappa shape index (κ3) is 4.38. The number of para-hydroxylation sites is 1. The number of halogens is 2. The Morgan fingerprint density at radius 1 is 1.13 bits per heavy atom. The molecule has 2 aromatic rings. The van der Waals surface area contributed by atoms with Gasteiger partial charge in [0.25, 0.3) is 0 Å². The van der Waals surface area contributed by atoms with Crippen molar-refractivity contribution >= 4 is 41.7 Å². The van der Waals surface area contributed by atoms with Crippen LogP contribution in [0.1, 0.15) is 41.6 Å². The molecule has 3 N–H and O–H groups in total. The maximum absolute atomic E-state index is 13.1. The van der Waals surface area contributed by atoms with E-state index in [0.717, 1.165) is 25.7 Å². The van der Waals surface area contributed by atoms with Crippen molar-refractivity contribution in [3.63, 3.8) is 0 Å². The van der Waals surface area contributed by atoms with Crippen molar-refractivity contribution in [1.29, 1.82) is 0 Å². The normalized spacial score (nSPS) is 23.5. The zero-order valence-corrected chi connectivity index (χ0v) is 18.7. The van der Waals surface area contributed by atoms with E-state index in [4.69, 9.17) is 17.3 Å². The summed E-state index contributed by atoms with van der Waals surface area (Å²) in [6.45, 7) is 1.65. The minimum absolute atomic E-state index is 0. The van der Waals surface area contributed by atoms with Gasteiger partial charge in [0.2, 0.25) is 0 Å². The summed E-state index contributed by atoms with van der Waals surface area (Å²) in [5.41, 5.74) is 7.87. The number of hydrogen-bond donors (Lipinski definition) is 2. The molecule has 0 aromatic heterocycles. The zero-order chi connectivity index (χ0) is 21.3. The second kappa shape index (κ2) is 9.47. The summed E-state index contributed by atoms with van der Waals surface area (Å²) in [5.74, 6) is -1.02. The molecular formula is C23H27Cl2N3O3. The Hall–Kier alpha value is -2.28. The molecule has 0 unspecified atom stereocenters. The number of rotatable bonds is 5. The van der Waals surface area contributed by atoms with Gasteiger partial charge >= 0.3 is 12.0 Å². The monoisotopic (exact) mass is 463 g/mol. The summed E-state index contributed by atoms with van der Waals surface area (Å²) in [5, 5.41) is 10.2. The molecule has 1 heterocycles. The van der Waals surface area contributed by atoms with Gasteiger partial charge in [0, 0.05) is 36.1 Å². The van der Waals surface area contributed by atoms with Crippen LogP contribution in [0.2, 0.25) is 5.02 Å². The SMILES string of the molecule is Cl.NC[C@]1(c2cccc(Cl)c2)CC[C@@H](N2CCN(c3ccccc3C(=O)O)C2=O)CC1. The lowest BCUT2D eigenvalue weighted by molar-refractivity contribution is 0.0697. The molecule has 1 saturated carbocycles. The fraction of sp³-hybridized carbons (Fsp3) is 0.391. The van der Waals surface area contributed by atoms with E-state index in [1.54, 1.807) is 23.1 Å². The van der Waals surface area contributed by atoms with Gasteiger partial charge in [-0.1, -0.05) is 35.9 Å². The summed E-state index contributed by atoms with van der Waals surface area (Å²) in [7, 11) is 0. The largest absolute Gasteiger partial charge is 0.478 e. The first kappa shape index (κ1) is 23.4. The van der Waals surface area contributed by atoms with Crippen LogP contribution in [0, 0.1) is 0 Å². The van der Waals surface area contributed by atoms with E-state index in [2.05, 4.69) is 6.07 Å². The van der Waals surface area contributed by atoms with Crippen molar-refractivity contribution in [2.24, 2.45) is 5.73 Å². The molecule has 6 nitrogen and oxygen atoms in total. The van der Waals surface area contributed by atoms with Crippen molar-refractivity contribution < 1.29 is 14.7 Å². The van der Waals surface area contributed by atoms with E-state index in [1.807, 2.05) is 23.1 Å². The van der Waals surface area contributed by atoms with Crippen molar-refractivity contribution in [2.45, 2.75) is 37.1 Å². The highest BCUT2D eigenvalue weighted by Crippen LogP contribution is 2.41. The number of carbonyl (C=O) groups is 2. The number of anilines is 1. The highest BCUT2D eigenvalue weighted by atomic mass is 35.5. The smallest absolute Gasteiger partial charge is 0.337 e. The maximum Gasteiger partial charge on any atom is 0.337 e. The molecule has 0 bridgehead atoms. The lowest BCUT2D eigenvalue weighted by Crippen LogP contribution is -2.47. The van der Waals surface area contributed by atoms with Crippen LogP contribution in [0.4, 0.5) is 10.5 Å². The van der Waals surface area contributed by atoms with Gasteiger partial charge in [-0.2, -0.15) is 0 Å². The van der Waals surface area contributed by atoms with Crippen LogP contribution >= 0.6 is 24.0 Å². The first-order chi connectivity index (χ1) is 14.4. The lowest BCUT2D eigenvalue weighted by Gasteiger charge is -2.42. The third-order valence-corrected chi connectivity index (χ3v) is 6.88. The van der Waals surface area contributed by atoms with Crippen LogP contribution in [0.3, 0.4) is 0 Å². The van der Waals surface area contributed by atoms with Crippen LogP contribution in [0.15, 0.2) is 48.5 Å². The number of carboxylic acid groups (broad SMARTS) is 1. The summed E-state index contributed by atoms with van der Waals surface area (Å²) in [6.07, 6.45) is 3.52. The highest BCUT2D eigenvalue weighted by Gasteiger charge is 2.42. The average molecular weight is 464 g/mol. The molecule has 2 aliphatic rings. The first-order valence-corrected chi connectivity index (χ1v) is 10.7. The van der Waals surface area contributed by atoms with Gasteiger partial charge in [-0.25, -0.2) is 9.59 Å². The van der Waals surface area contributed by atoms with E-state index in [-0.39, 0.29) is 35.5 Å². The van der Waals surface area contributed by atoms with Crippen molar-refractivity contribution in [1.82, 2.24) is 4.90 Å². The topological polar surface area (TPSA) is 86.9 Å². The fourth-order valence-corrected chi connectivity index (χ4v) is 5.09. The number of urea groups is 1. The lowest BCUT2D eigenvalue weighted by atomic mass is 9.68. The number of carboxylic acids is 1. The highest BCUT2D eigenvalue weighted by molar-refractivity contribution is 6.30. The molecule has 166 valence electrons. The van der Waals surface area contributed by atoms with Crippen LogP contribution < -0.4 is 10.6 Å². The fourth-order valence-electron chi connectivity index (χ4n) is 4.90. The van der Waals surface area contributed by atoms with Gasteiger partial charge in [-0.05, 0) is 55.5 Å². The van der Waals surface area contributed by atoms with Gasteiger partial charge in [0.1, 0.15) is 0 Å². The number of carbonyl (C=O) groups excluding carboxylic acids is 1. The van der Waals surface area contributed by atoms with Crippen molar-refractivity contribution in [3.05, 3.63) is 64.7 Å². The molecular weight excluding hydrogens is 437 g/mol. The van der Waals surface area contributed by atoms with Crippen LogP contribution in [-0.4, -0.2) is 47.7 Å². The average Bonchev–Trinajstić information content (AvgIpc) is 3.15. The van der Waals surface area contributed by atoms with E-state index < -0.39 is 5.97 Å². The van der Waals surface area contributed by atoms with Gasteiger partial charge in [-0.15, -0.1) is 12.4 Å². The number of nitrogens with two attached hydrogens (primary N) is 1. The molecule has 1 aliphatic carbocycles. The predicted octanol–water partition coefficient (Wildman–Crippen LogP) is 4.54. The third-order valence-electron chi connectivity index (χ3n) is 6.65. The van der Waals surface area contributed by atoms with Crippen LogP contribution in [0.25, 0.3) is 0 Å². The Balaban J connectivity index is 0.00000272. The minimum atomic E-state index is -1.02. The predicted molar refractivity (Wildman–Crippen MR) is 125 cm³/mol. The number of benzene rings is 2. The van der Waals surface area contributed by atoms with E-state index in [1.165, 1.54) is 11.6 Å². The number of hydrogen-bond acceptors (Lipinski definition) is 3. The molecule has 0 radical (unpaired) electrons. The number of nitrogens with zero attached hydrogens (tertiary/aromatic N) is 2. The Kier molecular flexibility index (Phi) is 7.14. The van der Waals surface area contributed by atoms with Gasteiger partial charge in [-0.3, -0.25) is 4.90 Å². The van der Waals surface area contributed by atoms with E-state index in [9.17, 15) is 14.7 Å². The first-order valence-electron chi connectivity index (χ1n) is 10.3. The summed E-state index contributed by atoms with van der Waals surface area (Å²) in [4.78, 5) is 28.2. The molecule has 1 aliphatic heterocycles. The molecule has 31 heavy (non-hydrogen) atoms. The summed E-state index contributed by atoms with van der Waals surface area (Å²) in [6, 6.07) is 14.6. The van der Waals surface area contributed by atoms with Crippen molar-refractivity contribution in [2.75, 3.05) is 24.5 Å². The van der Waals surface area contributed by atoms with Gasteiger partial charge in [0.15, 0.2) is 0 Å². The molecule has 1 saturated heterocycles. The maximum atomic E-state index is 13.1. The molecule has 2 fully saturated rings. The van der Waals surface area contributed by atoms with Crippen molar-refractivity contribution in [3.8, 4) is 0 Å². The Bertz CT molecular complexity index is 961. The number of aromatic carboxylic acids is 1. The second-order valence-electron chi connectivity index (χ2n) is 8.18. The van der Waals surface area contributed by atoms with Crippen LogP contribution in [-0.2, 0) is 5.41 Å². The Morgan fingerprint density at radius 3 is 2.48 bits per heavy atom. The molecule has 0 spiro atoms. The molecule has 0 atom stereocenters. The molecule has 8 heteroatoms. The quantitative estimate of drug-likeness (QED) is 0.680. The molecule has 2 amide bonds. The minimum Gasteiger partial charge on any atom is -0.478 e. The zero-order valence-electron chi connectivity index (χ0n) is 17.2. The van der Waals surface area contributed by atoms with Gasteiger partial charge in [0.05, 0.1) is 11.3 Å². The van der Waals surface area contributed by atoms with Crippen LogP contribution in [0.5, 0.6) is 0 Å². The second-order valence-corrected chi connectivity index (χ2v) is 8.61. The van der Waals surface area contributed by atoms with Gasteiger partial charge < -0.3 is 15.7 Å². The Labute approximate surface area is 193 Å². The summed E-state index contributed by atoms with van der Waals surface area (Å²) >= 11 is 6.20. The summed E-state index contributed by atoms with van der Waals surface area (Å²) < 4.78 is 0. The standard InChI is InChI=1S/C23H26ClN3O3.ClH/c24-17-5-3-4-16(14-17)23(15-25)10-8-18(9-11-23)26-12-13-27(22(26)30)20-7-2-1-6-19(20)21(28)29;/h1-7,14,18H,8-13,15,25H2,(H,28,29);1H/t18-,23+;. The molecule has 4 rings (SSSR count). The van der Waals surface area contributed by atoms with E-state index >= 15 is 0 Å². The Morgan fingerprint density at radius 2 is 1.84 bits per heavy atom.